The maximum Gasteiger partial charge on any atom is 0.488 e. The molecule has 0 saturated heterocycles. The summed E-state index contributed by atoms with van der Waals surface area (Å²) in [6.45, 7) is 0. The summed E-state index contributed by atoms with van der Waals surface area (Å²) in [5, 5.41) is 24.7. The van der Waals surface area contributed by atoms with Gasteiger partial charge in [-0.1, -0.05) is 115 Å². The monoisotopic (exact) mass is 556 g/mol. The highest BCUT2D eigenvalue weighted by Gasteiger charge is 2.26. The molecule has 0 atom stereocenters. The van der Waals surface area contributed by atoms with E-state index in [1.54, 1.807) is 6.07 Å². The average Bonchev–Trinajstić information content (AvgIpc) is 3.07. The van der Waals surface area contributed by atoms with Crippen molar-refractivity contribution in [1.82, 2.24) is 0 Å². The van der Waals surface area contributed by atoms with Gasteiger partial charge in [0.25, 0.3) is 0 Å². The highest BCUT2D eigenvalue weighted by Crippen LogP contribution is 2.50. The number of nitrogens with zero attached hydrogens (tertiary/aromatic N) is 2. The maximum absolute atomic E-state index is 10.3. The van der Waals surface area contributed by atoms with E-state index < -0.39 is 7.12 Å². The molecule has 0 aromatic heterocycles. The van der Waals surface area contributed by atoms with Crippen LogP contribution in [0.1, 0.15) is 0 Å². The second kappa shape index (κ2) is 11.5. The van der Waals surface area contributed by atoms with Gasteiger partial charge in [0, 0.05) is 44.3 Å². The van der Waals surface area contributed by atoms with E-state index in [9.17, 15) is 10.0 Å². The lowest BCUT2D eigenvalue weighted by molar-refractivity contribution is 0.426. The highest BCUT2D eigenvalue weighted by molar-refractivity contribution is 6.59. The molecule has 5 heteroatoms. The van der Waals surface area contributed by atoms with E-state index in [0.717, 1.165) is 55.7 Å². The lowest BCUT2D eigenvalue weighted by atomic mass is 9.78. The van der Waals surface area contributed by atoms with Gasteiger partial charge in [0.15, 0.2) is 0 Å². The van der Waals surface area contributed by atoms with Crippen LogP contribution >= 0.6 is 0 Å². The van der Waals surface area contributed by atoms with Crippen molar-refractivity contribution in [2.45, 2.75) is 0 Å². The molecule has 0 unspecified atom stereocenters. The Labute approximate surface area is 251 Å². The Morgan fingerprint density at radius 2 is 0.674 bits per heavy atom. The van der Waals surface area contributed by atoms with Crippen molar-refractivity contribution in [3.8, 4) is 0 Å². The van der Waals surface area contributed by atoms with Crippen LogP contribution in [0.2, 0.25) is 0 Å². The molecule has 0 amide bonds. The van der Waals surface area contributed by atoms with E-state index in [-0.39, 0.29) is 0 Å². The number of para-hydroxylation sites is 4. The van der Waals surface area contributed by atoms with Crippen molar-refractivity contribution < 1.29 is 10.0 Å². The smallest absolute Gasteiger partial charge is 0.423 e. The first-order chi connectivity index (χ1) is 21.2. The van der Waals surface area contributed by atoms with Gasteiger partial charge >= 0.3 is 7.12 Å². The van der Waals surface area contributed by atoms with Gasteiger partial charge in [0.05, 0.1) is 11.4 Å². The van der Waals surface area contributed by atoms with E-state index in [1.165, 1.54) is 0 Å². The predicted molar refractivity (Wildman–Crippen MR) is 181 cm³/mol. The summed E-state index contributed by atoms with van der Waals surface area (Å²) in [6.07, 6.45) is 0. The summed E-state index contributed by atoms with van der Waals surface area (Å²) in [4.78, 5) is 4.55. The van der Waals surface area contributed by atoms with Crippen molar-refractivity contribution in [2.24, 2.45) is 0 Å². The number of hydrogen-bond acceptors (Lipinski definition) is 4. The Kier molecular flexibility index (Phi) is 7.09. The summed E-state index contributed by atoms with van der Waals surface area (Å²) >= 11 is 0. The standard InChI is InChI=1S/C38H29BN2O2/c42-39(43)28-25-26-35-36(27-28)38(41(31-19-9-3-10-20-31)32-21-11-4-12-22-32)34-24-14-13-23-33(34)37(35)40(29-15-5-1-6-16-29)30-17-7-2-8-18-30/h1-27,42-43H. The summed E-state index contributed by atoms with van der Waals surface area (Å²) < 4.78 is 0. The Hall–Kier alpha value is -5.36. The number of hydrogen-bond donors (Lipinski definition) is 2. The third-order valence-corrected chi connectivity index (χ3v) is 7.79. The van der Waals surface area contributed by atoms with E-state index in [4.69, 9.17) is 0 Å². The summed E-state index contributed by atoms with van der Waals surface area (Å²) in [6, 6.07) is 55.6. The molecule has 0 aliphatic heterocycles. The van der Waals surface area contributed by atoms with Crippen LogP contribution in [0.5, 0.6) is 0 Å². The van der Waals surface area contributed by atoms with Crippen molar-refractivity contribution in [3.05, 3.63) is 164 Å². The normalized spacial score (nSPS) is 11.0. The lowest BCUT2D eigenvalue weighted by Crippen LogP contribution is -2.29. The molecule has 206 valence electrons. The number of fused-ring (bicyclic) bond motifs is 2. The van der Waals surface area contributed by atoms with Crippen molar-refractivity contribution in [3.63, 3.8) is 0 Å². The zero-order valence-electron chi connectivity index (χ0n) is 23.5. The average molecular weight is 556 g/mol. The fourth-order valence-electron chi connectivity index (χ4n) is 5.92. The lowest BCUT2D eigenvalue weighted by Gasteiger charge is -2.33. The van der Waals surface area contributed by atoms with Crippen LogP contribution in [0, 0.1) is 0 Å². The maximum atomic E-state index is 10.3. The molecule has 7 aromatic rings. The summed E-state index contributed by atoms with van der Waals surface area (Å²) in [5.41, 5.74) is 6.49. The first-order valence-electron chi connectivity index (χ1n) is 14.4. The first kappa shape index (κ1) is 26.5. The molecule has 43 heavy (non-hydrogen) atoms. The molecule has 7 aromatic carbocycles. The van der Waals surface area contributed by atoms with Gasteiger partial charge in [-0.3, -0.25) is 0 Å². The van der Waals surface area contributed by atoms with Crippen molar-refractivity contribution in [2.75, 3.05) is 9.80 Å². The van der Waals surface area contributed by atoms with Gasteiger partial charge in [-0.2, -0.15) is 0 Å². The number of anilines is 6. The summed E-state index contributed by atoms with van der Waals surface area (Å²) in [7, 11) is -1.60. The molecule has 0 radical (unpaired) electrons. The van der Waals surface area contributed by atoms with Gasteiger partial charge < -0.3 is 19.8 Å². The highest BCUT2D eigenvalue weighted by atomic mass is 16.4. The van der Waals surface area contributed by atoms with E-state index in [0.29, 0.717) is 5.46 Å². The number of benzene rings is 7. The molecular formula is C38H29BN2O2. The molecule has 0 bridgehead atoms. The van der Waals surface area contributed by atoms with Gasteiger partial charge in [-0.05, 0) is 54.0 Å². The molecule has 0 spiro atoms. The van der Waals surface area contributed by atoms with E-state index in [2.05, 4.69) is 107 Å². The zero-order valence-corrected chi connectivity index (χ0v) is 23.5. The van der Waals surface area contributed by atoms with Gasteiger partial charge in [-0.25, -0.2) is 0 Å². The summed E-state index contributed by atoms with van der Waals surface area (Å²) in [5.74, 6) is 0. The third kappa shape index (κ3) is 4.91. The largest absolute Gasteiger partial charge is 0.488 e. The second-order valence-electron chi connectivity index (χ2n) is 10.4. The van der Waals surface area contributed by atoms with Crippen LogP contribution in [-0.2, 0) is 0 Å². The van der Waals surface area contributed by atoms with Gasteiger partial charge in [-0.15, -0.1) is 0 Å². The Morgan fingerprint density at radius 1 is 0.349 bits per heavy atom. The minimum Gasteiger partial charge on any atom is -0.423 e. The Morgan fingerprint density at radius 3 is 1.05 bits per heavy atom. The van der Waals surface area contributed by atoms with Crippen LogP contribution in [0.15, 0.2) is 164 Å². The molecule has 0 aliphatic rings. The molecule has 2 N–H and O–H groups in total. The Bertz CT molecular complexity index is 1920. The molecule has 0 saturated carbocycles. The quantitative estimate of drug-likeness (QED) is 0.117. The Balaban J connectivity index is 1.66. The minimum atomic E-state index is -1.60. The predicted octanol–water partition coefficient (Wildman–Crippen LogP) is 8.61. The zero-order chi connectivity index (χ0) is 29.2. The molecule has 0 heterocycles. The second-order valence-corrected chi connectivity index (χ2v) is 10.4. The van der Waals surface area contributed by atoms with Crippen LogP contribution < -0.4 is 15.3 Å². The van der Waals surface area contributed by atoms with Gasteiger partial charge in [0.2, 0.25) is 0 Å². The molecular weight excluding hydrogens is 527 g/mol. The number of rotatable bonds is 7. The molecule has 4 nitrogen and oxygen atoms in total. The SMILES string of the molecule is OB(O)c1ccc2c(N(c3ccccc3)c3ccccc3)c3ccccc3c(N(c3ccccc3)c3ccccc3)c2c1. The van der Waals surface area contributed by atoms with Gasteiger partial charge in [0.1, 0.15) is 0 Å². The van der Waals surface area contributed by atoms with Crippen LogP contribution in [0.25, 0.3) is 21.5 Å². The first-order valence-corrected chi connectivity index (χ1v) is 14.4. The van der Waals surface area contributed by atoms with E-state index in [1.807, 2.05) is 60.7 Å². The van der Waals surface area contributed by atoms with Crippen LogP contribution in [-0.4, -0.2) is 17.2 Å². The van der Waals surface area contributed by atoms with Crippen LogP contribution in [0.3, 0.4) is 0 Å². The van der Waals surface area contributed by atoms with Crippen molar-refractivity contribution in [1.29, 1.82) is 0 Å². The molecule has 0 aliphatic carbocycles. The van der Waals surface area contributed by atoms with Crippen molar-refractivity contribution >= 4 is 68.3 Å². The van der Waals surface area contributed by atoms with Crippen LogP contribution in [0.4, 0.5) is 34.1 Å². The topological polar surface area (TPSA) is 46.9 Å². The fraction of sp³-hybridized carbons (Fsp3) is 0. The molecule has 0 fully saturated rings. The third-order valence-electron chi connectivity index (χ3n) is 7.79. The van der Waals surface area contributed by atoms with E-state index >= 15 is 0 Å². The molecule has 7 rings (SSSR count). The fourth-order valence-corrected chi connectivity index (χ4v) is 5.92. The minimum absolute atomic E-state index is 0.432.